The smallest absolute Gasteiger partial charge is 0.192 e. The SMILES string of the molecule is CCSc1cccc(Sc2nc(C)c(C)c(C)n2)c1C#N. The quantitative estimate of drug-likeness (QED) is 0.612. The molecule has 0 unspecified atom stereocenters. The monoisotopic (exact) mass is 315 g/mol. The van der Waals surface area contributed by atoms with Gasteiger partial charge in [0.25, 0.3) is 0 Å². The molecule has 0 atom stereocenters. The van der Waals surface area contributed by atoms with Crippen molar-refractivity contribution in [2.45, 2.75) is 42.6 Å². The number of aromatic nitrogens is 2. The fourth-order valence-corrected chi connectivity index (χ4v) is 3.68. The van der Waals surface area contributed by atoms with E-state index in [9.17, 15) is 5.26 Å². The Morgan fingerprint density at radius 3 is 2.29 bits per heavy atom. The van der Waals surface area contributed by atoms with Crippen LogP contribution in [-0.4, -0.2) is 15.7 Å². The molecule has 2 aromatic rings. The molecule has 0 bridgehead atoms. The lowest BCUT2D eigenvalue weighted by Gasteiger charge is -2.09. The van der Waals surface area contributed by atoms with E-state index in [1.165, 1.54) is 11.8 Å². The van der Waals surface area contributed by atoms with E-state index in [4.69, 9.17) is 0 Å². The van der Waals surface area contributed by atoms with E-state index in [1.807, 2.05) is 39.0 Å². The Labute approximate surface area is 134 Å². The third-order valence-corrected chi connectivity index (χ3v) is 5.08. The van der Waals surface area contributed by atoms with Gasteiger partial charge in [-0.3, -0.25) is 0 Å². The van der Waals surface area contributed by atoms with Crippen molar-refractivity contribution in [2.75, 3.05) is 5.75 Å². The fourth-order valence-electron chi connectivity index (χ4n) is 1.87. The van der Waals surface area contributed by atoms with Crippen molar-refractivity contribution < 1.29 is 0 Å². The first-order chi connectivity index (χ1) is 10.1. The van der Waals surface area contributed by atoms with Gasteiger partial charge in [-0.25, -0.2) is 9.97 Å². The number of thioether (sulfide) groups is 1. The van der Waals surface area contributed by atoms with Crippen LogP contribution in [0.2, 0.25) is 0 Å². The van der Waals surface area contributed by atoms with Crippen LogP contribution in [0.15, 0.2) is 33.1 Å². The van der Waals surface area contributed by atoms with Crippen LogP contribution in [-0.2, 0) is 0 Å². The van der Waals surface area contributed by atoms with Crippen molar-refractivity contribution in [1.82, 2.24) is 9.97 Å². The van der Waals surface area contributed by atoms with Gasteiger partial charge in [-0.15, -0.1) is 11.8 Å². The van der Waals surface area contributed by atoms with Crippen molar-refractivity contribution in [3.8, 4) is 6.07 Å². The molecule has 0 aliphatic heterocycles. The molecule has 0 aliphatic carbocycles. The summed E-state index contributed by atoms with van der Waals surface area (Å²) in [4.78, 5) is 11.0. The zero-order valence-electron chi connectivity index (χ0n) is 12.6. The lowest BCUT2D eigenvalue weighted by atomic mass is 10.2. The number of hydrogen-bond acceptors (Lipinski definition) is 5. The third kappa shape index (κ3) is 3.58. The number of hydrogen-bond donors (Lipinski definition) is 0. The largest absolute Gasteiger partial charge is 0.227 e. The first kappa shape index (κ1) is 15.9. The Morgan fingerprint density at radius 1 is 1.10 bits per heavy atom. The molecule has 1 heterocycles. The molecule has 1 aromatic heterocycles. The summed E-state index contributed by atoms with van der Waals surface area (Å²) in [6.45, 7) is 8.09. The normalized spacial score (nSPS) is 10.4. The van der Waals surface area contributed by atoms with Crippen molar-refractivity contribution in [3.63, 3.8) is 0 Å². The Kier molecular flexibility index (Phi) is 5.27. The van der Waals surface area contributed by atoms with Crippen LogP contribution in [0.25, 0.3) is 0 Å². The molecule has 21 heavy (non-hydrogen) atoms. The molecule has 0 fully saturated rings. The molecule has 0 N–H and O–H groups in total. The highest BCUT2D eigenvalue weighted by atomic mass is 32.2. The van der Waals surface area contributed by atoms with E-state index >= 15 is 0 Å². The molecule has 0 spiro atoms. The fraction of sp³-hybridized carbons (Fsp3) is 0.312. The zero-order valence-corrected chi connectivity index (χ0v) is 14.2. The Morgan fingerprint density at radius 2 is 1.71 bits per heavy atom. The topological polar surface area (TPSA) is 49.6 Å². The summed E-state index contributed by atoms with van der Waals surface area (Å²) in [6, 6.07) is 8.24. The second kappa shape index (κ2) is 6.97. The minimum atomic E-state index is 0.700. The van der Waals surface area contributed by atoms with Gasteiger partial charge >= 0.3 is 0 Å². The summed E-state index contributed by atoms with van der Waals surface area (Å²) >= 11 is 3.14. The van der Waals surface area contributed by atoms with Gasteiger partial charge in [-0.1, -0.05) is 13.0 Å². The van der Waals surface area contributed by atoms with Crippen molar-refractivity contribution >= 4 is 23.5 Å². The molecule has 0 amide bonds. The van der Waals surface area contributed by atoms with E-state index in [0.29, 0.717) is 10.7 Å². The van der Waals surface area contributed by atoms with E-state index in [-0.39, 0.29) is 0 Å². The summed E-state index contributed by atoms with van der Waals surface area (Å²) in [7, 11) is 0. The lowest BCUT2D eigenvalue weighted by Crippen LogP contribution is -1.98. The van der Waals surface area contributed by atoms with Crippen LogP contribution >= 0.6 is 23.5 Å². The molecule has 3 nitrogen and oxygen atoms in total. The maximum Gasteiger partial charge on any atom is 0.192 e. The standard InChI is InChI=1S/C16H17N3S2/c1-5-20-14-7-6-8-15(13(14)9-17)21-16-18-11(3)10(2)12(4)19-16/h6-8H,5H2,1-4H3. The summed E-state index contributed by atoms with van der Waals surface area (Å²) in [5.41, 5.74) is 3.81. The van der Waals surface area contributed by atoms with Gasteiger partial charge in [0.15, 0.2) is 5.16 Å². The zero-order chi connectivity index (χ0) is 15.4. The van der Waals surface area contributed by atoms with Crippen molar-refractivity contribution in [2.24, 2.45) is 0 Å². The molecule has 0 radical (unpaired) electrons. The Bertz CT molecular complexity index is 682. The first-order valence-electron chi connectivity index (χ1n) is 6.72. The Balaban J connectivity index is 2.40. The molecule has 5 heteroatoms. The molecule has 0 saturated heterocycles. The minimum Gasteiger partial charge on any atom is -0.227 e. The summed E-state index contributed by atoms with van der Waals surface area (Å²) in [6.07, 6.45) is 0. The highest BCUT2D eigenvalue weighted by molar-refractivity contribution is 8.00. The number of nitriles is 1. The predicted molar refractivity (Wildman–Crippen MR) is 87.9 cm³/mol. The lowest BCUT2D eigenvalue weighted by molar-refractivity contribution is 0.880. The summed E-state index contributed by atoms with van der Waals surface area (Å²) in [5, 5.41) is 10.1. The average Bonchev–Trinajstić information content (AvgIpc) is 2.45. The number of rotatable bonds is 4. The van der Waals surface area contributed by atoms with E-state index in [2.05, 4.69) is 23.0 Å². The van der Waals surface area contributed by atoms with Crippen LogP contribution in [0.4, 0.5) is 0 Å². The van der Waals surface area contributed by atoms with Gasteiger partial charge in [0.1, 0.15) is 6.07 Å². The van der Waals surface area contributed by atoms with E-state index in [0.717, 1.165) is 32.5 Å². The van der Waals surface area contributed by atoms with Gasteiger partial charge in [0, 0.05) is 21.2 Å². The molecule has 0 aliphatic rings. The van der Waals surface area contributed by atoms with Crippen LogP contribution in [0.5, 0.6) is 0 Å². The Hall–Kier alpha value is -1.51. The van der Waals surface area contributed by atoms with E-state index in [1.54, 1.807) is 11.8 Å². The number of nitrogens with zero attached hydrogens (tertiary/aromatic N) is 3. The van der Waals surface area contributed by atoms with Crippen molar-refractivity contribution in [3.05, 3.63) is 40.7 Å². The van der Waals surface area contributed by atoms with E-state index < -0.39 is 0 Å². The van der Waals surface area contributed by atoms with Crippen LogP contribution in [0.1, 0.15) is 29.4 Å². The average molecular weight is 315 g/mol. The van der Waals surface area contributed by atoms with Crippen LogP contribution in [0, 0.1) is 32.1 Å². The molecular formula is C16H17N3S2. The molecule has 0 saturated carbocycles. The predicted octanol–water partition coefficient (Wildman–Crippen LogP) is 4.54. The first-order valence-corrected chi connectivity index (χ1v) is 8.52. The van der Waals surface area contributed by atoms with Crippen molar-refractivity contribution in [1.29, 1.82) is 5.26 Å². The maximum absolute atomic E-state index is 9.44. The highest BCUT2D eigenvalue weighted by Gasteiger charge is 2.12. The van der Waals surface area contributed by atoms with Gasteiger partial charge < -0.3 is 0 Å². The number of aryl methyl sites for hydroxylation is 2. The number of benzene rings is 1. The molecular weight excluding hydrogens is 298 g/mol. The minimum absolute atomic E-state index is 0.700. The van der Waals surface area contributed by atoms with Crippen LogP contribution in [0.3, 0.4) is 0 Å². The van der Waals surface area contributed by atoms with Crippen LogP contribution < -0.4 is 0 Å². The summed E-state index contributed by atoms with van der Waals surface area (Å²) in [5.74, 6) is 0.946. The summed E-state index contributed by atoms with van der Waals surface area (Å²) < 4.78 is 0. The molecule has 108 valence electrons. The maximum atomic E-state index is 9.44. The molecule has 2 rings (SSSR count). The second-order valence-electron chi connectivity index (χ2n) is 4.58. The highest BCUT2D eigenvalue weighted by Crippen LogP contribution is 2.34. The van der Waals surface area contributed by atoms with Gasteiger partial charge in [-0.2, -0.15) is 5.26 Å². The second-order valence-corrected chi connectivity index (χ2v) is 6.89. The van der Waals surface area contributed by atoms with Gasteiger partial charge in [0.2, 0.25) is 0 Å². The third-order valence-electron chi connectivity index (χ3n) is 3.21. The van der Waals surface area contributed by atoms with Gasteiger partial charge in [0.05, 0.1) is 5.56 Å². The molecule has 1 aromatic carbocycles. The van der Waals surface area contributed by atoms with Gasteiger partial charge in [-0.05, 0) is 56.0 Å².